The molecule has 0 bridgehead atoms. The molecule has 0 aliphatic carbocycles. The highest BCUT2D eigenvalue weighted by Gasteiger charge is 2.39. The van der Waals surface area contributed by atoms with E-state index in [0.29, 0.717) is 13.1 Å². The summed E-state index contributed by atoms with van der Waals surface area (Å²) in [6, 6.07) is -0.821. The van der Waals surface area contributed by atoms with Crippen molar-refractivity contribution in [1.29, 1.82) is 0 Å². The molecule has 2 rings (SSSR count). The van der Waals surface area contributed by atoms with Crippen LogP contribution in [0.15, 0.2) is 4.99 Å². The Morgan fingerprint density at radius 2 is 1.94 bits per heavy atom. The van der Waals surface area contributed by atoms with E-state index in [1.54, 1.807) is 0 Å². The van der Waals surface area contributed by atoms with E-state index in [9.17, 15) is 18.0 Å². The maximum absolute atomic E-state index is 12.0. The number of sulfonamides is 1. The first-order valence-electron chi connectivity index (χ1n) is 4.90. The lowest BCUT2D eigenvalue weighted by Gasteiger charge is -2.21. The zero-order chi connectivity index (χ0) is 11.8. The van der Waals surface area contributed by atoms with Crippen LogP contribution in [0.1, 0.15) is 12.8 Å². The quantitative estimate of drug-likeness (QED) is 0.682. The molecule has 1 saturated heterocycles. The van der Waals surface area contributed by atoms with Gasteiger partial charge in [-0.3, -0.25) is 10.1 Å². The lowest BCUT2D eigenvalue weighted by molar-refractivity contribution is -0.118. The highest BCUT2D eigenvalue weighted by Crippen LogP contribution is 2.17. The van der Waals surface area contributed by atoms with Gasteiger partial charge >= 0.3 is 6.03 Å². The van der Waals surface area contributed by atoms with E-state index in [1.165, 1.54) is 4.31 Å². The third-order valence-corrected chi connectivity index (χ3v) is 4.62. The number of amides is 3. The zero-order valence-corrected chi connectivity index (χ0v) is 9.24. The molecule has 16 heavy (non-hydrogen) atoms. The Balaban J connectivity index is 2.26. The molecule has 0 aromatic carbocycles. The van der Waals surface area contributed by atoms with Crippen LogP contribution in [-0.2, 0) is 14.8 Å². The molecule has 2 aliphatic rings. The monoisotopic (exact) mass is 245 g/mol. The van der Waals surface area contributed by atoms with Gasteiger partial charge in [-0.2, -0.15) is 0 Å². The first kappa shape index (κ1) is 11.2. The summed E-state index contributed by atoms with van der Waals surface area (Å²) >= 11 is 0. The van der Waals surface area contributed by atoms with Crippen molar-refractivity contribution in [1.82, 2.24) is 9.62 Å². The van der Waals surface area contributed by atoms with Crippen LogP contribution in [0.2, 0.25) is 0 Å². The number of aliphatic imine (C=N–C) groups is 1. The Morgan fingerprint density at radius 1 is 1.31 bits per heavy atom. The number of hydrogen-bond donors (Lipinski definition) is 1. The van der Waals surface area contributed by atoms with Gasteiger partial charge < -0.3 is 0 Å². The predicted octanol–water partition coefficient (Wildman–Crippen LogP) is -0.899. The third-order valence-electron chi connectivity index (χ3n) is 2.56. The maximum atomic E-state index is 12.0. The van der Waals surface area contributed by atoms with E-state index in [4.69, 9.17) is 0 Å². The Morgan fingerprint density at radius 3 is 2.50 bits per heavy atom. The van der Waals surface area contributed by atoms with E-state index < -0.39 is 27.2 Å². The number of hydrogen-bond acceptors (Lipinski definition) is 4. The summed E-state index contributed by atoms with van der Waals surface area (Å²) in [6.45, 7) is 0.849. The lowest BCUT2D eigenvalue weighted by atomic mass is 10.4. The van der Waals surface area contributed by atoms with Crippen molar-refractivity contribution in [3.63, 3.8) is 0 Å². The van der Waals surface area contributed by atoms with Gasteiger partial charge in [0.25, 0.3) is 5.91 Å². The van der Waals surface area contributed by atoms with Crippen LogP contribution in [0.25, 0.3) is 0 Å². The molecule has 1 N–H and O–H groups in total. The van der Waals surface area contributed by atoms with Crippen molar-refractivity contribution in [2.24, 2.45) is 4.99 Å². The molecule has 3 amide bonds. The molecule has 0 aromatic heterocycles. The molecule has 1 atom stereocenters. The number of carbonyl (C=O) groups is 2. The van der Waals surface area contributed by atoms with Crippen molar-refractivity contribution in [2.45, 2.75) is 18.1 Å². The normalized spacial score (nSPS) is 27.1. The topological polar surface area (TPSA) is 95.9 Å². The van der Waals surface area contributed by atoms with Gasteiger partial charge in [-0.05, 0) is 12.8 Å². The number of rotatable bonds is 2. The molecule has 0 aromatic rings. The standard InChI is InChI=1S/C8H11N3O4S/c12-7-6(5-9-8(13)10-7)16(14,15)11-3-1-2-4-11/h5-6H,1-4H2,(H,10,12,13). The number of urea groups is 1. The summed E-state index contributed by atoms with van der Waals surface area (Å²) in [6.07, 6.45) is 2.49. The molecule has 0 spiro atoms. The fourth-order valence-corrected chi connectivity index (χ4v) is 3.36. The van der Waals surface area contributed by atoms with E-state index in [-0.39, 0.29) is 0 Å². The molecule has 8 heteroatoms. The first-order chi connectivity index (χ1) is 7.51. The maximum Gasteiger partial charge on any atom is 0.347 e. The molecule has 7 nitrogen and oxygen atoms in total. The molecule has 2 heterocycles. The van der Waals surface area contributed by atoms with Crippen molar-refractivity contribution in [2.75, 3.05) is 13.1 Å². The Kier molecular flexibility index (Phi) is 2.76. The van der Waals surface area contributed by atoms with Crippen molar-refractivity contribution in [3.8, 4) is 0 Å². The fourth-order valence-electron chi connectivity index (χ4n) is 1.73. The van der Waals surface area contributed by atoms with E-state index in [1.807, 2.05) is 5.32 Å². The van der Waals surface area contributed by atoms with Crippen LogP contribution in [0.5, 0.6) is 0 Å². The summed E-state index contributed by atoms with van der Waals surface area (Å²) in [5.74, 6) is -0.827. The highest BCUT2D eigenvalue weighted by molar-refractivity contribution is 7.91. The van der Waals surface area contributed by atoms with Gasteiger partial charge in [0, 0.05) is 19.3 Å². The smallest absolute Gasteiger partial charge is 0.275 e. The average Bonchev–Trinajstić information content (AvgIpc) is 2.69. The van der Waals surface area contributed by atoms with Gasteiger partial charge in [-0.1, -0.05) is 0 Å². The molecular formula is C8H11N3O4S. The average molecular weight is 245 g/mol. The summed E-state index contributed by atoms with van der Waals surface area (Å²) in [4.78, 5) is 25.4. The van der Waals surface area contributed by atoms with Crippen LogP contribution < -0.4 is 5.32 Å². The molecule has 1 fully saturated rings. The Bertz CT molecular complexity index is 450. The van der Waals surface area contributed by atoms with E-state index in [2.05, 4.69) is 4.99 Å². The molecule has 0 radical (unpaired) electrons. The number of carbonyl (C=O) groups excluding carboxylic acids is 2. The van der Waals surface area contributed by atoms with Gasteiger partial charge in [0.1, 0.15) is 0 Å². The second-order valence-corrected chi connectivity index (χ2v) is 5.70. The second kappa shape index (κ2) is 3.95. The van der Waals surface area contributed by atoms with Crippen LogP contribution in [0.3, 0.4) is 0 Å². The van der Waals surface area contributed by atoms with Crippen LogP contribution >= 0.6 is 0 Å². The van der Waals surface area contributed by atoms with Crippen LogP contribution in [0, 0.1) is 0 Å². The predicted molar refractivity (Wildman–Crippen MR) is 55.5 cm³/mol. The number of imide groups is 1. The molecule has 88 valence electrons. The molecule has 1 unspecified atom stereocenters. The van der Waals surface area contributed by atoms with Crippen LogP contribution in [0.4, 0.5) is 4.79 Å². The number of nitrogens with one attached hydrogen (secondary N) is 1. The Hall–Kier alpha value is -1.28. The van der Waals surface area contributed by atoms with Gasteiger partial charge in [0.2, 0.25) is 10.0 Å². The SMILES string of the molecule is O=C1N=CC(S(=O)(=O)N2CCCC2)C(=O)N1. The fraction of sp³-hybridized carbons (Fsp3) is 0.625. The molecule has 0 saturated carbocycles. The van der Waals surface area contributed by atoms with E-state index in [0.717, 1.165) is 19.1 Å². The zero-order valence-electron chi connectivity index (χ0n) is 8.42. The van der Waals surface area contributed by atoms with Gasteiger partial charge in [-0.25, -0.2) is 22.5 Å². The second-order valence-electron chi connectivity index (χ2n) is 3.64. The number of nitrogens with zero attached hydrogens (tertiary/aromatic N) is 2. The van der Waals surface area contributed by atoms with Crippen molar-refractivity contribution in [3.05, 3.63) is 0 Å². The van der Waals surface area contributed by atoms with Gasteiger partial charge in [0.15, 0.2) is 5.25 Å². The van der Waals surface area contributed by atoms with Gasteiger partial charge in [0.05, 0.1) is 0 Å². The van der Waals surface area contributed by atoms with Crippen molar-refractivity contribution < 1.29 is 18.0 Å². The summed E-state index contributed by atoms with van der Waals surface area (Å²) < 4.78 is 25.2. The van der Waals surface area contributed by atoms with Crippen molar-refractivity contribution >= 4 is 28.2 Å². The highest BCUT2D eigenvalue weighted by atomic mass is 32.2. The minimum Gasteiger partial charge on any atom is -0.275 e. The van der Waals surface area contributed by atoms with Gasteiger partial charge in [-0.15, -0.1) is 0 Å². The Labute approximate surface area is 92.6 Å². The molecular weight excluding hydrogens is 234 g/mol. The minimum atomic E-state index is -3.71. The van der Waals surface area contributed by atoms with E-state index >= 15 is 0 Å². The lowest BCUT2D eigenvalue weighted by Crippen LogP contribution is -2.50. The first-order valence-corrected chi connectivity index (χ1v) is 6.40. The van der Waals surface area contributed by atoms with Crippen LogP contribution in [-0.4, -0.2) is 49.2 Å². The summed E-state index contributed by atoms with van der Waals surface area (Å²) in [7, 11) is -3.71. The largest absolute Gasteiger partial charge is 0.347 e. The minimum absolute atomic E-state index is 0.425. The molecule has 2 aliphatic heterocycles. The summed E-state index contributed by atoms with van der Waals surface area (Å²) in [5, 5.41) is 0.505. The summed E-state index contributed by atoms with van der Waals surface area (Å²) in [5.41, 5.74) is 0. The third kappa shape index (κ3) is 1.85.